The van der Waals surface area contributed by atoms with Crippen LogP contribution >= 0.6 is 23.2 Å². The average Bonchev–Trinajstić information content (AvgIpc) is 3.50. The van der Waals surface area contributed by atoms with Gasteiger partial charge in [0.15, 0.2) is 16.8 Å². The number of Topliss-reactive ketones (excluding diaryl/α,β-unsaturated/α-hetero) is 1. The maximum atomic E-state index is 16.5. The van der Waals surface area contributed by atoms with E-state index in [1.165, 1.54) is 6.20 Å². The molecule has 2 aromatic heterocycles. The van der Waals surface area contributed by atoms with Gasteiger partial charge in [0.25, 0.3) is 0 Å². The second-order valence-electron chi connectivity index (χ2n) is 14.4. The molecule has 8 rings (SSSR count). The van der Waals surface area contributed by atoms with Crippen LogP contribution in [0.1, 0.15) is 86.1 Å². The largest absolute Gasteiger partial charge is 0.325 e. The minimum absolute atomic E-state index is 0.0161. The van der Waals surface area contributed by atoms with Crippen LogP contribution in [-0.4, -0.2) is 38.1 Å². The van der Waals surface area contributed by atoms with Crippen molar-refractivity contribution >= 4 is 40.6 Å². The van der Waals surface area contributed by atoms with Gasteiger partial charge in [0, 0.05) is 53.5 Å². The number of carbonyl (C=O) groups excluding carboxylic acids is 2. The summed E-state index contributed by atoms with van der Waals surface area (Å²) in [4.78, 5) is 41.0. The summed E-state index contributed by atoms with van der Waals surface area (Å²) >= 11 is 12.8. The molecular weight excluding hydrogens is 634 g/mol. The number of ketones is 1. The number of rotatable bonds is 3. The highest BCUT2D eigenvalue weighted by Crippen LogP contribution is 2.71. The third-order valence-electron chi connectivity index (χ3n) is 11.7. The second kappa shape index (κ2) is 10.9. The van der Waals surface area contributed by atoms with Gasteiger partial charge in [0.2, 0.25) is 5.91 Å². The number of piperidine rings is 1. The van der Waals surface area contributed by atoms with E-state index in [9.17, 15) is 0 Å². The Hall–Kier alpha value is -3.65. The molecular formula is C38H35Cl2FN4O2. The molecule has 3 fully saturated rings. The smallest absolute Gasteiger partial charge is 0.237 e. The van der Waals surface area contributed by atoms with Crippen LogP contribution < -0.4 is 5.32 Å². The van der Waals surface area contributed by atoms with Crippen LogP contribution in [0.15, 0.2) is 85.2 Å². The molecule has 47 heavy (non-hydrogen) atoms. The monoisotopic (exact) mass is 668 g/mol. The number of fused-ring (bicyclic) bond motifs is 5. The van der Waals surface area contributed by atoms with Crippen molar-refractivity contribution in [2.45, 2.75) is 80.8 Å². The first-order valence-corrected chi connectivity index (χ1v) is 17.0. The molecule has 1 N–H and O–H groups in total. The van der Waals surface area contributed by atoms with Gasteiger partial charge in [-0.15, -0.1) is 0 Å². The van der Waals surface area contributed by atoms with Gasteiger partial charge >= 0.3 is 0 Å². The molecule has 0 unspecified atom stereocenters. The number of nitrogens with one attached hydrogen (secondary N) is 1. The highest BCUT2D eigenvalue weighted by atomic mass is 35.5. The zero-order valence-electron chi connectivity index (χ0n) is 26.2. The topological polar surface area (TPSA) is 75.2 Å². The Morgan fingerprint density at radius 3 is 2.21 bits per heavy atom. The molecule has 2 spiro atoms. The van der Waals surface area contributed by atoms with Crippen LogP contribution in [0.4, 0.5) is 10.1 Å². The van der Waals surface area contributed by atoms with E-state index >= 15 is 14.0 Å². The van der Waals surface area contributed by atoms with Gasteiger partial charge in [-0.05, 0) is 59.9 Å². The van der Waals surface area contributed by atoms with Gasteiger partial charge in [-0.3, -0.25) is 14.5 Å². The summed E-state index contributed by atoms with van der Waals surface area (Å²) in [7, 11) is 0. The lowest BCUT2D eigenvalue weighted by Crippen LogP contribution is -2.64. The molecule has 2 aromatic carbocycles. The zero-order chi connectivity index (χ0) is 32.7. The Labute approximate surface area is 283 Å². The summed E-state index contributed by atoms with van der Waals surface area (Å²) in [5.74, 6) is -2.08. The number of anilines is 1. The van der Waals surface area contributed by atoms with Crippen molar-refractivity contribution in [2.75, 3.05) is 5.32 Å². The van der Waals surface area contributed by atoms with Gasteiger partial charge in [-0.25, -0.2) is 14.4 Å². The van der Waals surface area contributed by atoms with Gasteiger partial charge in [0.1, 0.15) is 10.6 Å². The average molecular weight is 670 g/mol. The van der Waals surface area contributed by atoms with Gasteiger partial charge < -0.3 is 5.32 Å². The molecule has 5 heterocycles. The lowest BCUT2D eigenvalue weighted by Gasteiger charge is -2.57. The summed E-state index contributed by atoms with van der Waals surface area (Å²) < 4.78 is 16.5. The molecule has 2 saturated heterocycles. The molecule has 5 atom stereocenters. The quantitative estimate of drug-likeness (QED) is 0.222. The maximum Gasteiger partial charge on any atom is 0.237 e. The first-order chi connectivity index (χ1) is 22.6. The minimum atomic E-state index is -1.37. The number of hydrogen-bond donors (Lipinski definition) is 1. The van der Waals surface area contributed by atoms with Crippen molar-refractivity contribution in [1.82, 2.24) is 14.9 Å². The molecule has 0 radical (unpaired) electrons. The number of carbonyl (C=O) groups is 2. The van der Waals surface area contributed by atoms with Crippen LogP contribution in [0.25, 0.3) is 0 Å². The molecule has 4 aliphatic rings. The molecule has 240 valence electrons. The Morgan fingerprint density at radius 1 is 0.872 bits per heavy atom. The van der Waals surface area contributed by atoms with Crippen molar-refractivity contribution in [3.63, 3.8) is 0 Å². The standard InChI is InChI=1S/C38H35Cl2FN4O2/c1-36(2)14-16-37(17-15-36)38(26-21-43-29(39)20-27(26)44-35(38)47)30(24-13-18-42-34(40)31(24)41)33-28(46)19-25(22-9-5-3-6-10-22)32(45(33)37)23-11-7-4-8-12-23/h3-13,18,20-21,25,30,32-33H,14-17,19H2,1-2H3,(H,44,47)/t25-,30-,32+,33-,38-/m0/s1. The van der Waals surface area contributed by atoms with Crippen LogP contribution in [-0.2, 0) is 15.0 Å². The minimum Gasteiger partial charge on any atom is -0.325 e. The van der Waals surface area contributed by atoms with E-state index in [0.29, 0.717) is 24.1 Å². The number of pyridine rings is 2. The number of aromatic nitrogens is 2. The third-order valence-corrected chi connectivity index (χ3v) is 12.1. The zero-order valence-corrected chi connectivity index (χ0v) is 27.7. The van der Waals surface area contributed by atoms with Gasteiger partial charge in [0.05, 0.1) is 6.04 Å². The highest BCUT2D eigenvalue weighted by molar-refractivity contribution is 6.30. The second-order valence-corrected chi connectivity index (χ2v) is 15.1. The Balaban J connectivity index is 1.49. The third kappa shape index (κ3) is 4.32. The first-order valence-electron chi connectivity index (χ1n) is 16.3. The lowest BCUT2D eigenvalue weighted by atomic mass is 9.53. The van der Waals surface area contributed by atoms with Crippen LogP contribution in [0.2, 0.25) is 10.3 Å². The summed E-state index contributed by atoms with van der Waals surface area (Å²) in [6.45, 7) is 4.51. The van der Waals surface area contributed by atoms with Gasteiger partial charge in [-0.1, -0.05) is 97.7 Å². The SMILES string of the molecule is CC1(C)CCC2(CC1)N1[C@H](c3ccccc3)[C@H](c3ccccc3)CC(=O)[C@H]1[C@H](c1ccnc(Cl)c1F)[C@@]21C(=O)Nc2cc(Cl)ncc21. The first kappa shape index (κ1) is 30.7. The molecule has 3 aliphatic heterocycles. The fourth-order valence-electron chi connectivity index (χ4n) is 9.65. The predicted molar refractivity (Wildman–Crippen MR) is 180 cm³/mol. The number of halogens is 3. The molecule has 9 heteroatoms. The number of nitrogens with zero attached hydrogens (tertiary/aromatic N) is 3. The number of benzene rings is 2. The Morgan fingerprint density at radius 2 is 1.53 bits per heavy atom. The van der Waals surface area contributed by atoms with Crippen molar-refractivity contribution in [3.8, 4) is 0 Å². The molecule has 1 aliphatic carbocycles. The fourth-order valence-corrected chi connectivity index (χ4v) is 9.98. The number of hydrogen-bond acceptors (Lipinski definition) is 5. The van der Waals surface area contributed by atoms with E-state index in [0.717, 1.165) is 24.0 Å². The molecule has 4 aromatic rings. The summed E-state index contributed by atoms with van der Waals surface area (Å²) in [5, 5.41) is 3.11. The normalized spacial score (nSPS) is 29.1. The number of amides is 1. The Bertz CT molecular complexity index is 1890. The van der Waals surface area contributed by atoms with Gasteiger partial charge in [-0.2, -0.15) is 0 Å². The molecule has 6 nitrogen and oxygen atoms in total. The molecule has 1 amide bonds. The van der Waals surface area contributed by atoms with Crippen molar-refractivity contribution < 1.29 is 14.0 Å². The van der Waals surface area contributed by atoms with E-state index in [1.807, 2.05) is 36.4 Å². The molecule has 1 saturated carbocycles. The maximum absolute atomic E-state index is 16.5. The van der Waals surface area contributed by atoms with Crippen molar-refractivity contribution in [1.29, 1.82) is 0 Å². The van der Waals surface area contributed by atoms with E-state index in [4.69, 9.17) is 23.2 Å². The summed E-state index contributed by atoms with van der Waals surface area (Å²) in [6.07, 6.45) is 6.27. The highest BCUT2D eigenvalue weighted by Gasteiger charge is 2.78. The van der Waals surface area contributed by atoms with Crippen LogP contribution in [0, 0.1) is 11.2 Å². The van der Waals surface area contributed by atoms with E-state index < -0.39 is 28.7 Å². The summed E-state index contributed by atoms with van der Waals surface area (Å²) in [6, 6.07) is 22.6. The van der Waals surface area contributed by atoms with Crippen LogP contribution in [0.5, 0.6) is 0 Å². The Kier molecular flexibility index (Phi) is 7.14. The lowest BCUT2D eigenvalue weighted by molar-refractivity contribution is -0.137. The van der Waals surface area contributed by atoms with Crippen molar-refractivity contribution in [2.24, 2.45) is 5.41 Å². The van der Waals surface area contributed by atoms with Crippen molar-refractivity contribution in [3.05, 3.63) is 124 Å². The van der Waals surface area contributed by atoms with E-state index in [1.54, 1.807) is 18.3 Å². The van der Waals surface area contributed by atoms with Crippen LogP contribution in [0.3, 0.4) is 0 Å². The fraction of sp³-hybridized carbons (Fsp3) is 0.368. The molecule has 0 bridgehead atoms. The van der Waals surface area contributed by atoms with E-state index in [-0.39, 0.29) is 51.4 Å². The summed E-state index contributed by atoms with van der Waals surface area (Å²) in [5.41, 5.74) is 1.29. The van der Waals surface area contributed by atoms with E-state index in [2.05, 4.69) is 58.3 Å². The predicted octanol–water partition coefficient (Wildman–Crippen LogP) is 8.42.